The fraction of sp³-hybridized carbons (Fsp3) is 0.167. The van der Waals surface area contributed by atoms with Crippen molar-refractivity contribution >= 4 is 35.3 Å². The summed E-state index contributed by atoms with van der Waals surface area (Å²) in [5, 5.41) is 17.4. The molecule has 0 aliphatic carbocycles. The van der Waals surface area contributed by atoms with Crippen molar-refractivity contribution < 1.29 is 14.5 Å². The number of hydrogen-bond acceptors (Lipinski definition) is 5. The Labute approximate surface area is 160 Å². The molecule has 9 heteroatoms. The van der Waals surface area contributed by atoms with Crippen molar-refractivity contribution in [3.63, 3.8) is 0 Å². The molecule has 140 valence electrons. The van der Waals surface area contributed by atoms with Crippen molar-refractivity contribution in [2.75, 3.05) is 0 Å². The maximum absolute atomic E-state index is 11.8. The van der Waals surface area contributed by atoms with Crippen LogP contribution >= 0.6 is 11.6 Å². The van der Waals surface area contributed by atoms with Crippen LogP contribution in [-0.2, 0) is 16.1 Å². The van der Waals surface area contributed by atoms with E-state index >= 15 is 0 Å². The summed E-state index contributed by atoms with van der Waals surface area (Å²) in [6.45, 7) is 0.394. The zero-order valence-electron chi connectivity index (χ0n) is 14.2. The Kier molecular flexibility index (Phi) is 7.45. The van der Waals surface area contributed by atoms with Gasteiger partial charge in [0.1, 0.15) is 0 Å². The van der Waals surface area contributed by atoms with Crippen LogP contribution in [0, 0.1) is 10.1 Å². The molecule has 8 nitrogen and oxygen atoms in total. The molecule has 0 aliphatic rings. The third-order valence-corrected chi connectivity index (χ3v) is 3.84. The SMILES string of the molecule is O=C(CCC(=O)N/N=C/c1cc([N+](=O)[O-])ccc1Cl)NCc1ccccc1. The van der Waals surface area contributed by atoms with E-state index in [1.54, 1.807) is 0 Å². The Balaban J connectivity index is 1.76. The predicted molar refractivity (Wildman–Crippen MR) is 101 cm³/mol. The lowest BCUT2D eigenvalue weighted by Crippen LogP contribution is -2.25. The summed E-state index contributed by atoms with van der Waals surface area (Å²) in [6, 6.07) is 13.3. The second kappa shape index (κ2) is 10.0. The van der Waals surface area contributed by atoms with Gasteiger partial charge < -0.3 is 5.32 Å². The zero-order valence-corrected chi connectivity index (χ0v) is 15.0. The number of carbonyl (C=O) groups is 2. The molecule has 0 saturated heterocycles. The molecule has 2 rings (SSSR count). The van der Waals surface area contributed by atoms with E-state index in [2.05, 4.69) is 15.8 Å². The minimum Gasteiger partial charge on any atom is -0.352 e. The number of hydrogen-bond donors (Lipinski definition) is 2. The highest BCUT2D eigenvalue weighted by Crippen LogP contribution is 2.20. The van der Waals surface area contributed by atoms with Crippen molar-refractivity contribution in [2.45, 2.75) is 19.4 Å². The van der Waals surface area contributed by atoms with E-state index in [-0.39, 0.29) is 29.5 Å². The first-order chi connectivity index (χ1) is 13.0. The number of nitro groups is 1. The summed E-state index contributed by atoms with van der Waals surface area (Å²) < 4.78 is 0. The third kappa shape index (κ3) is 6.87. The van der Waals surface area contributed by atoms with E-state index < -0.39 is 10.8 Å². The lowest BCUT2D eigenvalue weighted by Gasteiger charge is -2.05. The van der Waals surface area contributed by atoms with Crippen LogP contribution in [-0.4, -0.2) is 23.0 Å². The van der Waals surface area contributed by atoms with Crippen LogP contribution in [0.3, 0.4) is 0 Å². The normalized spacial score (nSPS) is 10.6. The topological polar surface area (TPSA) is 114 Å². The number of nitro benzene ring substituents is 1. The molecular formula is C18H17ClN4O4. The highest BCUT2D eigenvalue weighted by Gasteiger charge is 2.09. The lowest BCUT2D eigenvalue weighted by molar-refractivity contribution is -0.384. The first kappa shape index (κ1) is 20.1. The van der Waals surface area contributed by atoms with Gasteiger partial charge in [0.25, 0.3) is 5.69 Å². The highest BCUT2D eigenvalue weighted by molar-refractivity contribution is 6.33. The van der Waals surface area contributed by atoms with Crippen molar-refractivity contribution in [2.24, 2.45) is 5.10 Å². The number of rotatable bonds is 8. The molecule has 0 heterocycles. The number of non-ortho nitro benzene ring substituents is 1. The molecule has 0 spiro atoms. The summed E-state index contributed by atoms with van der Waals surface area (Å²) >= 11 is 5.92. The summed E-state index contributed by atoms with van der Waals surface area (Å²) in [4.78, 5) is 33.7. The molecular weight excluding hydrogens is 372 g/mol. The van der Waals surface area contributed by atoms with Crippen LogP contribution in [0.2, 0.25) is 5.02 Å². The summed E-state index contributed by atoms with van der Waals surface area (Å²) in [7, 11) is 0. The van der Waals surface area contributed by atoms with E-state index in [1.807, 2.05) is 30.3 Å². The van der Waals surface area contributed by atoms with Gasteiger partial charge in [-0.15, -0.1) is 0 Å². The minimum atomic E-state index is -0.555. The minimum absolute atomic E-state index is 0.0196. The molecule has 0 saturated carbocycles. The fourth-order valence-corrected chi connectivity index (χ4v) is 2.25. The van der Waals surface area contributed by atoms with Gasteiger partial charge >= 0.3 is 0 Å². The first-order valence-electron chi connectivity index (χ1n) is 8.02. The van der Waals surface area contributed by atoms with Crippen molar-refractivity contribution in [3.8, 4) is 0 Å². The number of nitrogens with zero attached hydrogens (tertiary/aromatic N) is 2. The number of carbonyl (C=O) groups excluding carboxylic acids is 2. The zero-order chi connectivity index (χ0) is 19.6. The van der Waals surface area contributed by atoms with Gasteiger partial charge in [-0.2, -0.15) is 5.10 Å². The number of benzene rings is 2. The molecule has 2 aromatic rings. The molecule has 0 unspecified atom stereocenters. The third-order valence-electron chi connectivity index (χ3n) is 3.49. The van der Waals surface area contributed by atoms with Crippen LogP contribution in [0.5, 0.6) is 0 Å². The summed E-state index contributed by atoms with van der Waals surface area (Å²) in [6.07, 6.45) is 1.19. The molecule has 0 atom stereocenters. The summed E-state index contributed by atoms with van der Waals surface area (Å²) in [5.74, 6) is -0.706. The van der Waals surface area contributed by atoms with Crippen LogP contribution < -0.4 is 10.7 Å². The first-order valence-corrected chi connectivity index (χ1v) is 8.40. The molecule has 0 aliphatic heterocycles. The van der Waals surface area contributed by atoms with Crippen molar-refractivity contribution in [1.82, 2.24) is 10.7 Å². The molecule has 0 radical (unpaired) electrons. The van der Waals surface area contributed by atoms with Gasteiger partial charge in [-0.3, -0.25) is 19.7 Å². The Morgan fingerprint density at radius 3 is 2.52 bits per heavy atom. The van der Waals surface area contributed by atoms with E-state index in [0.717, 1.165) is 5.56 Å². The number of nitrogens with one attached hydrogen (secondary N) is 2. The molecule has 2 N–H and O–H groups in total. The monoisotopic (exact) mass is 388 g/mol. The Morgan fingerprint density at radius 1 is 1.11 bits per heavy atom. The highest BCUT2D eigenvalue weighted by atomic mass is 35.5. The second-order valence-corrected chi connectivity index (χ2v) is 5.93. The van der Waals surface area contributed by atoms with Crippen molar-refractivity contribution in [1.29, 1.82) is 0 Å². The van der Waals surface area contributed by atoms with Gasteiger partial charge in [0, 0.05) is 42.1 Å². The molecule has 0 aromatic heterocycles. The van der Waals surface area contributed by atoms with Crippen LogP contribution in [0.1, 0.15) is 24.0 Å². The number of hydrazone groups is 1. The molecule has 2 amide bonds. The molecule has 2 aromatic carbocycles. The molecule has 27 heavy (non-hydrogen) atoms. The van der Waals surface area contributed by atoms with Gasteiger partial charge in [0.2, 0.25) is 11.8 Å². The van der Waals surface area contributed by atoms with Gasteiger partial charge in [0.05, 0.1) is 11.1 Å². The van der Waals surface area contributed by atoms with Crippen LogP contribution in [0.4, 0.5) is 5.69 Å². The van der Waals surface area contributed by atoms with Gasteiger partial charge in [-0.1, -0.05) is 41.9 Å². The maximum atomic E-state index is 11.8. The van der Waals surface area contributed by atoms with Gasteiger partial charge in [-0.25, -0.2) is 5.43 Å². The largest absolute Gasteiger partial charge is 0.352 e. The standard InChI is InChI=1S/C18H17ClN4O4/c19-16-7-6-15(23(26)27)10-14(16)12-21-22-18(25)9-8-17(24)20-11-13-4-2-1-3-5-13/h1-7,10,12H,8-9,11H2,(H,20,24)(H,22,25)/b21-12+. The van der Waals surface area contributed by atoms with Gasteiger partial charge in [-0.05, 0) is 11.6 Å². The Hall–Kier alpha value is -3.26. The van der Waals surface area contributed by atoms with Gasteiger partial charge in [0.15, 0.2) is 0 Å². The summed E-state index contributed by atoms with van der Waals surface area (Å²) in [5.41, 5.74) is 3.39. The Morgan fingerprint density at radius 2 is 1.81 bits per heavy atom. The molecule has 0 bridgehead atoms. The maximum Gasteiger partial charge on any atom is 0.270 e. The smallest absolute Gasteiger partial charge is 0.270 e. The van der Waals surface area contributed by atoms with E-state index in [0.29, 0.717) is 12.1 Å². The fourth-order valence-electron chi connectivity index (χ4n) is 2.09. The van der Waals surface area contributed by atoms with Crippen molar-refractivity contribution in [3.05, 3.63) is 74.8 Å². The van der Waals surface area contributed by atoms with E-state index in [4.69, 9.17) is 11.6 Å². The average Bonchev–Trinajstić information content (AvgIpc) is 2.66. The average molecular weight is 389 g/mol. The Bertz CT molecular complexity index is 856. The quantitative estimate of drug-likeness (QED) is 0.411. The lowest BCUT2D eigenvalue weighted by atomic mass is 10.2. The number of amides is 2. The second-order valence-electron chi connectivity index (χ2n) is 5.52. The van der Waals surface area contributed by atoms with E-state index in [1.165, 1.54) is 24.4 Å². The van der Waals surface area contributed by atoms with E-state index in [9.17, 15) is 19.7 Å². The number of halogens is 1. The van der Waals surface area contributed by atoms with Crippen LogP contribution in [0.25, 0.3) is 0 Å². The molecule has 0 fully saturated rings. The van der Waals surface area contributed by atoms with Crippen LogP contribution in [0.15, 0.2) is 53.6 Å². The predicted octanol–water partition coefficient (Wildman–Crippen LogP) is 2.79.